The predicted molar refractivity (Wildman–Crippen MR) is 125 cm³/mol. The number of halogens is 2. The molecule has 0 spiro atoms. The Morgan fingerprint density at radius 2 is 1.83 bits per heavy atom. The van der Waals surface area contributed by atoms with Crippen molar-refractivity contribution in [3.8, 4) is 22.6 Å². The van der Waals surface area contributed by atoms with Crippen molar-refractivity contribution >= 4 is 0 Å². The molecule has 3 heterocycles. The molecule has 2 aliphatic rings. The third-order valence-electron chi connectivity index (χ3n) is 7.93. The highest BCUT2D eigenvalue weighted by atomic mass is 19.1. The van der Waals surface area contributed by atoms with Gasteiger partial charge in [-0.1, -0.05) is 32.1 Å². The molecule has 1 aromatic carbocycles. The minimum absolute atomic E-state index is 0.144. The topological polar surface area (TPSA) is 82.3 Å². The Morgan fingerprint density at radius 1 is 1.03 bits per heavy atom. The smallest absolute Gasteiger partial charge is 0.135 e. The lowest BCUT2D eigenvalue weighted by molar-refractivity contribution is 0.242. The van der Waals surface area contributed by atoms with E-state index < -0.39 is 17.0 Å². The van der Waals surface area contributed by atoms with E-state index in [9.17, 15) is 8.78 Å². The molecule has 178 valence electrons. The average Bonchev–Trinajstić information content (AvgIpc) is 3.47. The normalized spacial score (nSPS) is 21.9. The summed E-state index contributed by atoms with van der Waals surface area (Å²) in [4.78, 5) is 9.52. The zero-order chi connectivity index (χ0) is 24.4. The zero-order valence-electron chi connectivity index (χ0n) is 19.8. The van der Waals surface area contributed by atoms with Crippen LogP contribution in [-0.4, -0.2) is 35.2 Å². The molecule has 0 radical (unpaired) electrons. The lowest BCUT2D eigenvalue weighted by Crippen LogP contribution is -2.38. The second kappa shape index (κ2) is 7.69. The molecule has 9 heteroatoms. The van der Waals surface area contributed by atoms with Crippen LogP contribution in [0.25, 0.3) is 22.6 Å². The molecule has 1 fully saturated rings. The summed E-state index contributed by atoms with van der Waals surface area (Å²) >= 11 is 0. The van der Waals surface area contributed by atoms with Crippen molar-refractivity contribution in [3.63, 3.8) is 0 Å². The van der Waals surface area contributed by atoms with Gasteiger partial charge in [-0.25, -0.2) is 13.8 Å². The fourth-order valence-corrected chi connectivity index (χ4v) is 6.21. The fourth-order valence-electron chi connectivity index (χ4n) is 6.21. The zero-order valence-corrected chi connectivity index (χ0v) is 19.8. The summed E-state index contributed by atoms with van der Waals surface area (Å²) in [5, 5.41) is 17.4. The van der Waals surface area contributed by atoms with Crippen molar-refractivity contribution in [2.24, 2.45) is 5.41 Å². The van der Waals surface area contributed by atoms with Crippen molar-refractivity contribution in [2.75, 3.05) is 0 Å². The quantitative estimate of drug-likeness (QED) is 0.402. The lowest BCUT2D eigenvalue weighted by Gasteiger charge is -2.37. The first-order valence-corrected chi connectivity index (χ1v) is 11.9. The minimum atomic E-state index is -0.647. The molecule has 0 saturated heterocycles. The number of rotatable bonds is 5. The second-order valence-electron chi connectivity index (χ2n) is 10.0. The van der Waals surface area contributed by atoms with Gasteiger partial charge in [0.2, 0.25) is 0 Å². The van der Waals surface area contributed by atoms with Crippen LogP contribution in [0, 0.1) is 17.0 Å². The molecule has 0 amide bonds. The highest BCUT2D eigenvalue weighted by Gasteiger charge is 2.65. The number of hydrogen-bond donors (Lipinski definition) is 0. The average molecular weight is 474 g/mol. The molecular weight excluding hydrogens is 448 g/mol. The molecule has 4 aromatic rings. The Hall–Kier alpha value is -3.62. The van der Waals surface area contributed by atoms with Crippen molar-refractivity contribution in [3.05, 3.63) is 71.4 Å². The van der Waals surface area contributed by atoms with Crippen LogP contribution in [-0.2, 0) is 12.0 Å². The van der Waals surface area contributed by atoms with Crippen LogP contribution in [0.15, 0.2) is 42.9 Å². The van der Waals surface area contributed by atoms with E-state index >= 15 is 0 Å². The summed E-state index contributed by atoms with van der Waals surface area (Å²) in [5.41, 5.74) is 3.27. The molecule has 7 nitrogen and oxygen atoms in total. The SMILES string of the molecule is CCCn1cc(-c2cncc([C@@]34CC[C@@H](c5cc(-c6c(F)cccc6F)nnc53)C4(C)C)n2)nn1. The molecule has 0 aliphatic heterocycles. The summed E-state index contributed by atoms with van der Waals surface area (Å²) in [6.07, 6.45) is 8.11. The first kappa shape index (κ1) is 21.9. The maximum absolute atomic E-state index is 14.5. The van der Waals surface area contributed by atoms with E-state index in [0.717, 1.165) is 42.8 Å². The van der Waals surface area contributed by atoms with Crippen LogP contribution in [0.5, 0.6) is 0 Å². The van der Waals surface area contributed by atoms with Gasteiger partial charge in [0.15, 0.2) is 0 Å². The summed E-state index contributed by atoms with van der Waals surface area (Å²) in [6.45, 7) is 7.29. The van der Waals surface area contributed by atoms with Gasteiger partial charge in [0, 0.05) is 12.7 Å². The van der Waals surface area contributed by atoms with Crippen LogP contribution >= 0.6 is 0 Å². The Bertz CT molecular complexity index is 1430. The molecule has 0 unspecified atom stereocenters. The summed E-state index contributed by atoms with van der Waals surface area (Å²) < 4.78 is 30.8. The third kappa shape index (κ3) is 3.00. The number of aryl methyl sites for hydroxylation is 1. The molecule has 2 aliphatic carbocycles. The molecule has 35 heavy (non-hydrogen) atoms. The van der Waals surface area contributed by atoms with Crippen molar-refractivity contribution in [1.82, 2.24) is 35.2 Å². The van der Waals surface area contributed by atoms with E-state index in [-0.39, 0.29) is 22.6 Å². The largest absolute Gasteiger partial charge is 0.260 e. The van der Waals surface area contributed by atoms with Gasteiger partial charge in [-0.3, -0.25) is 9.67 Å². The Kier molecular flexibility index (Phi) is 4.81. The third-order valence-corrected chi connectivity index (χ3v) is 7.93. The van der Waals surface area contributed by atoms with E-state index in [1.165, 1.54) is 18.2 Å². The standard InChI is InChI=1S/C26H25F2N7/c1-4-10-35-14-21(32-34-35)20-12-29-13-22(30-20)26-9-8-16(25(26,2)3)15-11-19(31-33-24(15)26)23-17(27)6-5-7-18(23)28/h5-7,11-14,16H,4,8-10H2,1-3H3/t16-,26-/m0/s1. The van der Waals surface area contributed by atoms with Crippen LogP contribution < -0.4 is 0 Å². The molecule has 0 N–H and O–H groups in total. The number of fused-ring (bicyclic) bond motifs is 5. The van der Waals surface area contributed by atoms with E-state index in [1.807, 2.05) is 12.3 Å². The fraction of sp³-hybridized carbons (Fsp3) is 0.385. The maximum Gasteiger partial charge on any atom is 0.135 e. The van der Waals surface area contributed by atoms with Gasteiger partial charge in [-0.2, -0.15) is 5.10 Å². The van der Waals surface area contributed by atoms with Gasteiger partial charge < -0.3 is 0 Å². The van der Waals surface area contributed by atoms with E-state index in [2.05, 4.69) is 46.3 Å². The molecule has 6 rings (SSSR count). The van der Waals surface area contributed by atoms with E-state index in [0.29, 0.717) is 11.4 Å². The first-order valence-electron chi connectivity index (χ1n) is 11.9. The van der Waals surface area contributed by atoms with Gasteiger partial charge in [-0.05, 0) is 54.4 Å². The highest BCUT2D eigenvalue weighted by Crippen LogP contribution is 2.69. The van der Waals surface area contributed by atoms with Crippen LogP contribution in [0.1, 0.15) is 62.9 Å². The molecular formula is C26H25F2N7. The Balaban J connectivity index is 1.48. The van der Waals surface area contributed by atoms with Crippen molar-refractivity contribution < 1.29 is 8.78 Å². The Labute approximate surface area is 201 Å². The molecule has 2 bridgehead atoms. The molecule has 3 aromatic heterocycles. The van der Waals surface area contributed by atoms with Gasteiger partial charge >= 0.3 is 0 Å². The van der Waals surface area contributed by atoms with Gasteiger partial charge in [-0.15, -0.1) is 10.2 Å². The Morgan fingerprint density at radius 3 is 2.60 bits per heavy atom. The van der Waals surface area contributed by atoms with Gasteiger partial charge in [0.05, 0.1) is 40.5 Å². The lowest BCUT2D eigenvalue weighted by atomic mass is 9.66. The number of hydrogen-bond acceptors (Lipinski definition) is 6. The van der Waals surface area contributed by atoms with E-state index in [4.69, 9.17) is 4.98 Å². The van der Waals surface area contributed by atoms with Crippen molar-refractivity contribution in [1.29, 1.82) is 0 Å². The summed E-state index contributed by atoms with van der Waals surface area (Å²) in [6, 6.07) is 5.64. The maximum atomic E-state index is 14.5. The first-order chi connectivity index (χ1) is 16.9. The summed E-state index contributed by atoms with van der Waals surface area (Å²) in [7, 11) is 0. The molecule has 2 atom stereocenters. The van der Waals surface area contributed by atoms with Gasteiger partial charge in [0.1, 0.15) is 23.0 Å². The van der Waals surface area contributed by atoms with E-state index in [1.54, 1.807) is 17.1 Å². The minimum Gasteiger partial charge on any atom is -0.260 e. The van der Waals surface area contributed by atoms with Gasteiger partial charge in [0.25, 0.3) is 0 Å². The monoisotopic (exact) mass is 473 g/mol. The second-order valence-corrected chi connectivity index (χ2v) is 10.0. The van der Waals surface area contributed by atoms with Crippen LogP contribution in [0.4, 0.5) is 8.78 Å². The number of aromatic nitrogens is 7. The van der Waals surface area contributed by atoms with Crippen LogP contribution in [0.2, 0.25) is 0 Å². The number of benzene rings is 1. The highest BCUT2D eigenvalue weighted by molar-refractivity contribution is 5.64. The van der Waals surface area contributed by atoms with Crippen molar-refractivity contribution in [2.45, 2.75) is 57.9 Å². The van der Waals surface area contributed by atoms with Crippen LogP contribution in [0.3, 0.4) is 0 Å². The number of nitrogens with zero attached hydrogens (tertiary/aromatic N) is 7. The molecule has 1 saturated carbocycles. The summed E-state index contributed by atoms with van der Waals surface area (Å²) in [5.74, 6) is -1.13. The predicted octanol–water partition coefficient (Wildman–Crippen LogP) is 5.08.